The van der Waals surface area contributed by atoms with Crippen LogP contribution >= 0.6 is 0 Å². The fraction of sp³-hybridized carbons (Fsp3) is 0.435. The predicted octanol–water partition coefficient (Wildman–Crippen LogP) is -0.0124. The van der Waals surface area contributed by atoms with E-state index >= 15 is 0 Å². The van der Waals surface area contributed by atoms with Crippen LogP contribution in [0.5, 0.6) is 23.0 Å². The Bertz CT molecular complexity index is 937. The fourth-order valence-corrected chi connectivity index (χ4v) is 3.40. The van der Waals surface area contributed by atoms with E-state index in [1.165, 1.54) is 26.4 Å². The lowest BCUT2D eigenvalue weighted by molar-refractivity contribution is -0.277. The molecule has 5 unspecified atom stereocenters. The first-order valence-electron chi connectivity index (χ1n) is 10.5. The summed E-state index contributed by atoms with van der Waals surface area (Å²) < 4.78 is 26.4. The van der Waals surface area contributed by atoms with Gasteiger partial charge in [-0.1, -0.05) is 12.1 Å². The van der Waals surface area contributed by atoms with Crippen LogP contribution in [0.15, 0.2) is 36.4 Å². The molecule has 5 atom stereocenters. The van der Waals surface area contributed by atoms with E-state index in [1.54, 1.807) is 24.3 Å². The Labute approximate surface area is 195 Å². The first kappa shape index (κ1) is 25.5. The van der Waals surface area contributed by atoms with Gasteiger partial charge < -0.3 is 49.2 Å². The zero-order chi connectivity index (χ0) is 24.8. The van der Waals surface area contributed by atoms with Crippen molar-refractivity contribution in [2.45, 2.75) is 37.1 Å². The van der Waals surface area contributed by atoms with Crippen LogP contribution in [0.4, 0.5) is 0 Å². The minimum atomic E-state index is -1.62. The Balaban J connectivity index is 1.67. The molecule has 0 aliphatic carbocycles. The van der Waals surface area contributed by atoms with Gasteiger partial charge in [0, 0.05) is 6.61 Å². The lowest BCUT2D eigenvalue weighted by Gasteiger charge is -2.39. The number of aliphatic hydroxyl groups is 4. The summed E-state index contributed by atoms with van der Waals surface area (Å²) in [4.78, 5) is 12.5. The van der Waals surface area contributed by atoms with Gasteiger partial charge in [0.1, 0.15) is 36.8 Å². The zero-order valence-electron chi connectivity index (χ0n) is 18.7. The van der Waals surface area contributed by atoms with Crippen LogP contribution in [-0.4, -0.2) is 89.6 Å². The first-order valence-corrected chi connectivity index (χ1v) is 10.5. The summed E-state index contributed by atoms with van der Waals surface area (Å²) in [5.74, 6) is -0.790. The van der Waals surface area contributed by atoms with Crippen molar-refractivity contribution < 1.29 is 54.0 Å². The van der Waals surface area contributed by atoms with Crippen molar-refractivity contribution in [1.82, 2.24) is 0 Å². The van der Waals surface area contributed by atoms with E-state index in [-0.39, 0.29) is 29.4 Å². The van der Waals surface area contributed by atoms with Gasteiger partial charge in [-0.3, -0.25) is 0 Å². The molecule has 0 aromatic heterocycles. The molecule has 0 amide bonds. The second-order valence-electron chi connectivity index (χ2n) is 7.58. The highest BCUT2D eigenvalue weighted by Gasteiger charge is 2.45. The molecule has 5 N–H and O–H groups in total. The van der Waals surface area contributed by atoms with E-state index in [0.717, 1.165) is 5.56 Å². The van der Waals surface area contributed by atoms with Crippen molar-refractivity contribution >= 4 is 5.97 Å². The van der Waals surface area contributed by atoms with Crippen molar-refractivity contribution in [2.75, 3.05) is 27.4 Å². The molecule has 1 aliphatic rings. The molecule has 11 nitrogen and oxygen atoms in total. The number of methoxy groups -OCH3 is 2. The maximum atomic E-state index is 12.5. The van der Waals surface area contributed by atoms with Crippen molar-refractivity contribution in [3.8, 4) is 23.0 Å². The number of rotatable bonds is 9. The summed E-state index contributed by atoms with van der Waals surface area (Å²) in [6, 6.07) is 9.18. The van der Waals surface area contributed by atoms with Gasteiger partial charge in [0.05, 0.1) is 19.8 Å². The lowest BCUT2D eigenvalue weighted by Crippen LogP contribution is -2.60. The Morgan fingerprint density at radius 3 is 2.15 bits per heavy atom. The maximum absolute atomic E-state index is 12.5. The lowest BCUT2D eigenvalue weighted by atomic mass is 9.99. The molecule has 2 aromatic rings. The maximum Gasteiger partial charge on any atom is 0.338 e. The summed E-state index contributed by atoms with van der Waals surface area (Å²) in [6.07, 6.45) is -6.82. The Hall–Kier alpha value is -3.09. The van der Waals surface area contributed by atoms with E-state index in [0.29, 0.717) is 12.2 Å². The second-order valence-corrected chi connectivity index (χ2v) is 7.58. The number of benzene rings is 2. The molecule has 0 bridgehead atoms. The van der Waals surface area contributed by atoms with Gasteiger partial charge in [0.15, 0.2) is 11.5 Å². The average Bonchev–Trinajstić information content (AvgIpc) is 2.84. The van der Waals surface area contributed by atoms with E-state index in [9.17, 15) is 25.2 Å². The van der Waals surface area contributed by atoms with Crippen molar-refractivity contribution in [3.05, 3.63) is 47.5 Å². The van der Waals surface area contributed by atoms with Crippen LogP contribution in [0.3, 0.4) is 0 Å². The van der Waals surface area contributed by atoms with Crippen LogP contribution in [-0.2, 0) is 15.9 Å². The second kappa shape index (κ2) is 11.4. The number of hydrogen-bond acceptors (Lipinski definition) is 11. The topological polar surface area (TPSA) is 164 Å². The van der Waals surface area contributed by atoms with Gasteiger partial charge in [-0.15, -0.1) is 0 Å². The molecule has 0 saturated carbocycles. The van der Waals surface area contributed by atoms with Gasteiger partial charge in [-0.25, -0.2) is 4.79 Å². The van der Waals surface area contributed by atoms with E-state index in [1.807, 2.05) is 0 Å². The number of phenolic OH excluding ortho intramolecular Hbond substituents is 1. The van der Waals surface area contributed by atoms with E-state index in [2.05, 4.69) is 0 Å². The third-order valence-corrected chi connectivity index (χ3v) is 5.34. The minimum absolute atomic E-state index is 0.00115. The molecule has 1 fully saturated rings. The molecule has 186 valence electrons. The number of phenols is 1. The number of aliphatic hydroxyl groups excluding tert-OH is 4. The van der Waals surface area contributed by atoms with Gasteiger partial charge in [0.2, 0.25) is 12.0 Å². The smallest absolute Gasteiger partial charge is 0.338 e. The molecular weight excluding hydrogens is 452 g/mol. The Morgan fingerprint density at radius 2 is 1.59 bits per heavy atom. The summed E-state index contributed by atoms with van der Waals surface area (Å²) in [7, 11) is 2.62. The standard InChI is InChI=1S/C23H28O11/c1-30-15-9-13(10-16(31-2)18(15)25)22(29)32-11-17-19(26)20(27)21(28)23(34-17)33-14-5-3-12(4-6-14)7-8-24/h3-6,9-10,17,19-21,23-28H,7-8,11H2,1-2H3. The summed E-state index contributed by atoms with van der Waals surface area (Å²) in [5, 5.41) is 49.8. The van der Waals surface area contributed by atoms with Crippen LogP contribution in [0.25, 0.3) is 0 Å². The number of esters is 1. The molecule has 2 aromatic carbocycles. The van der Waals surface area contributed by atoms with Gasteiger partial charge in [-0.2, -0.15) is 0 Å². The minimum Gasteiger partial charge on any atom is -0.502 e. The average molecular weight is 480 g/mol. The van der Waals surface area contributed by atoms with Crippen LogP contribution in [0.1, 0.15) is 15.9 Å². The van der Waals surface area contributed by atoms with E-state index in [4.69, 9.17) is 28.8 Å². The third kappa shape index (κ3) is 5.69. The van der Waals surface area contributed by atoms with Gasteiger partial charge >= 0.3 is 5.97 Å². The molecule has 34 heavy (non-hydrogen) atoms. The van der Waals surface area contributed by atoms with Crippen molar-refractivity contribution in [1.29, 1.82) is 0 Å². The number of carbonyl (C=O) groups excluding carboxylic acids is 1. The molecule has 1 saturated heterocycles. The molecule has 0 radical (unpaired) electrons. The quantitative estimate of drug-likeness (QED) is 0.307. The number of aromatic hydroxyl groups is 1. The zero-order valence-corrected chi connectivity index (χ0v) is 18.7. The number of hydrogen-bond donors (Lipinski definition) is 5. The molecule has 11 heteroatoms. The van der Waals surface area contributed by atoms with Gasteiger partial charge in [0.25, 0.3) is 0 Å². The number of carbonyl (C=O) groups is 1. The summed E-state index contributed by atoms with van der Waals surface area (Å²) in [6.45, 7) is -0.469. The largest absolute Gasteiger partial charge is 0.502 e. The summed E-state index contributed by atoms with van der Waals surface area (Å²) >= 11 is 0. The molecule has 3 rings (SSSR count). The first-order chi connectivity index (χ1) is 16.3. The van der Waals surface area contributed by atoms with Crippen LogP contribution < -0.4 is 14.2 Å². The summed E-state index contributed by atoms with van der Waals surface area (Å²) in [5.41, 5.74) is 0.885. The van der Waals surface area contributed by atoms with Crippen molar-refractivity contribution in [3.63, 3.8) is 0 Å². The van der Waals surface area contributed by atoms with E-state index < -0.39 is 43.3 Å². The molecule has 1 heterocycles. The SMILES string of the molecule is COc1cc(C(=O)OCC2OC(Oc3ccc(CCO)cc3)C(O)C(O)C2O)cc(OC)c1O. The van der Waals surface area contributed by atoms with Gasteiger partial charge in [-0.05, 0) is 36.2 Å². The monoisotopic (exact) mass is 480 g/mol. The van der Waals surface area contributed by atoms with Crippen LogP contribution in [0.2, 0.25) is 0 Å². The normalized spacial score (nSPS) is 24.4. The molecular formula is C23H28O11. The Morgan fingerprint density at radius 1 is 0.971 bits per heavy atom. The fourth-order valence-electron chi connectivity index (χ4n) is 3.40. The Kier molecular flexibility index (Phi) is 8.53. The number of ether oxygens (including phenoxy) is 5. The highest BCUT2D eigenvalue weighted by atomic mass is 16.7. The highest BCUT2D eigenvalue weighted by Crippen LogP contribution is 2.37. The highest BCUT2D eigenvalue weighted by molar-refractivity contribution is 5.91. The van der Waals surface area contributed by atoms with Crippen molar-refractivity contribution in [2.24, 2.45) is 0 Å². The molecule has 0 spiro atoms. The predicted molar refractivity (Wildman–Crippen MR) is 116 cm³/mol. The third-order valence-electron chi connectivity index (χ3n) is 5.34. The van der Waals surface area contributed by atoms with Crippen LogP contribution in [0, 0.1) is 0 Å². The molecule has 1 aliphatic heterocycles.